The van der Waals surface area contributed by atoms with Gasteiger partial charge in [0.25, 0.3) is 0 Å². The van der Waals surface area contributed by atoms with Crippen LogP contribution in [-0.2, 0) is 9.84 Å². The van der Waals surface area contributed by atoms with Crippen molar-refractivity contribution in [3.8, 4) is 0 Å². The molecule has 2 aromatic carbocycles. The Morgan fingerprint density at radius 2 is 1.65 bits per heavy atom. The van der Waals surface area contributed by atoms with E-state index in [-0.39, 0.29) is 22.0 Å². The van der Waals surface area contributed by atoms with Gasteiger partial charge in [-0.15, -0.1) is 0 Å². The topological polar surface area (TPSA) is 51.2 Å². The minimum Gasteiger partial charge on any atom is -0.289 e. The minimum absolute atomic E-state index is 0.136. The predicted molar refractivity (Wildman–Crippen MR) is 91.3 cm³/mol. The van der Waals surface area contributed by atoms with Gasteiger partial charge in [-0.2, -0.15) is 0 Å². The second-order valence-electron chi connectivity index (χ2n) is 6.08. The van der Waals surface area contributed by atoms with Crippen molar-refractivity contribution in [1.29, 1.82) is 0 Å². The maximum atomic E-state index is 12.6. The van der Waals surface area contributed by atoms with Crippen LogP contribution < -0.4 is 0 Å². The molecule has 0 saturated heterocycles. The smallest absolute Gasteiger partial charge is 0.191 e. The summed E-state index contributed by atoms with van der Waals surface area (Å²) < 4.78 is 24.7. The molecule has 0 unspecified atom stereocenters. The zero-order valence-electron chi connectivity index (χ0n) is 13.1. The number of ketones is 1. The predicted octanol–water partition coefficient (Wildman–Crippen LogP) is 3.86. The van der Waals surface area contributed by atoms with Gasteiger partial charge in [0, 0.05) is 11.1 Å². The van der Waals surface area contributed by atoms with E-state index >= 15 is 0 Å². The van der Waals surface area contributed by atoms with Crippen molar-refractivity contribution in [2.45, 2.75) is 24.7 Å². The van der Waals surface area contributed by atoms with Crippen LogP contribution in [0.4, 0.5) is 0 Å². The molecule has 0 spiro atoms. The van der Waals surface area contributed by atoms with E-state index in [9.17, 15) is 13.2 Å². The van der Waals surface area contributed by atoms with Crippen molar-refractivity contribution < 1.29 is 13.2 Å². The molecule has 0 fully saturated rings. The molecule has 4 heteroatoms. The maximum absolute atomic E-state index is 12.6. The number of rotatable bonds is 2. The molecule has 2 aromatic rings. The average Bonchev–Trinajstić information content (AvgIpc) is 2.53. The van der Waals surface area contributed by atoms with Crippen LogP contribution in [0.1, 0.15) is 41.3 Å². The van der Waals surface area contributed by atoms with E-state index in [1.54, 1.807) is 24.3 Å². The normalized spacial score (nSPS) is 18.2. The Morgan fingerprint density at radius 1 is 1.00 bits per heavy atom. The summed E-state index contributed by atoms with van der Waals surface area (Å²) in [6, 6.07) is 14.3. The summed E-state index contributed by atoms with van der Waals surface area (Å²) in [5, 5.41) is 0. The van der Waals surface area contributed by atoms with Gasteiger partial charge in [0.1, 0.15) is 0 Å². The largest absolute Gasteiger partial charge is 0.289 e. The summed E-state index contributed by atoms with van der Waals surface area (Å²) in [7, 11) is -3.45. The summed E-state index contributed by atoms with van der Waals surface area (Å²) in [6.45, 7) is 4.23. The molecule has 0 radical (unpaired) electrons. The maximum Gasteiger partial charge on any atom is 0.191 e. The van der Waals surface area contributed by atoms with E-state index in [1.165, 1.54) is 11.6 Å². The first kappa shape index (κ1) is 15.7. The van der Waals surface area contributed by atoms with E-state index in [0.717, 1.165) is 5.56 Å². The highest BCUT2D eigenvalue weighted by Gasteiger charge is 2.32. The van der Waals surface area contributed by atoms with Gasteiger partial charge in [0.05, 0.1) is 10.6 Å². The van der Waals surface area contributed by atoms with Crippen LogP contribution in [0.5, 0.6) is 0 Å². The highest BCUT2D eigenvalue weighted by Crippen LogP contribution is 2.29. The van der Waals surface area contributed by atoms with Gasteiger partial charge >= 0.3 is 0 Å². The molecule has 0 aromatic heterocycles. The third-order valence-electron chi connectivity index (χ3n) is 4.05. The molecule has 0 amide bonds. The summed E-state index contributed by atoms with van der Waals surface area (Å²) >= 11 is 0. The Labute approximate surface area is 136 Å². The molecule has 0 saturated carbocycles. The fourth-order valence-electron chi connectivity index (χ4n) is 2.73. The lowest BCUT2D eigenvalue weighted by Gasteiger charge is -2.17. The van der Waals surface area contributed by atoms with Gasteiger partial charge in [-0.25, -0.2) is 8.42 Å². The number of Topliss-reactive ketones (excluding diaryl/α,β-unsaturated/α-hetero) is 1. The Kier molecular flexibility index (Phi) is 3.94. The van der Waals surface area contributed by atoms with Gasteiger partial charge in [0.15, 0.2) is 15.6 Å². The lowest BCUT2D eigenvalue weighted by atomic mass is 9.99. The molecule has 0 bridgehead atoms. The number of fused-ring (bicyclic) bond motifs is 1. The monoisotopic (exact) mass is 326 g/mol. The zero-order valence-corrected chi connectivity index (χ0v) is 13.9. The highest BCUT2D eigenvalue weighted by molar-refractivity contribution is 7.91. The summed E-state index contributed by atoms with van der Waals surface area (Å²) in [6.07, 6.45) is 1.68. The van der Waals surface area contributed by atoms with Crippen LogP contribution in [0.15, 0.2) is 59.0 Å². The molecule has 0 atom stereocenters. The fraction of sp³-hybridized carbons (Fsp3) is 0.211. The Bertz CT molecular complexity index is 888. The van der Waals surface area contributed by atoms with Crippen LogP contribution in [0.25, 0.3) is 6.08 Å². The minimum atomic E-state index is -3.45. The number of carbonyl (C=O) groups is 1. The Morgan fingerprint density at radius 3 is 2.30 bits per heavy atom. The first-order valence-corrected chi connectivity index (χ1v) is 9.21. The first-order valence-electron chi connectivity index (χ1n) is 7.55. The number of benzene rings is 2. The standard InChI is InChI=1S/C19H18O3S/c1-13(2)15-9-7-14(8-10-15)11-16-12-23(21,22)18-6-4-3-5-17(18)19(16)20/h3-11,13H,12H2,1-2H3/b16-11+. The van der Waals surface area contributed by atoms with Crippen molar-refractivity contribution in [3.05, 3.63) is 70.8 Å². The third kappa shape index (κ3) is 2.99. The summed E-state index contributed by atoms with van der Waals surface area (Å²) in [4.78, 5) is 12.7. The van der Waals surface area contributed by atoms with E-state index in [0.29, 0.717) is 11.5 Å². The van der Waals surface area contributed by atoms with Gasteiger partial charge < -0.3 is 0 Å². The van der Waals surface area contributed by atoms with Crippen LogP contribution in [0, 0.1) is 0 Å². The van der Waals surface area contributed by atoms with Crippen molar-refractivity contribution in [1.82, 2.24) is 0 Å². The van der Waals surface area contributed by atoms with Crippen molar-refractivity contribution >= 4 is 21.7 Å². The molecule has 1 heterocycles. The Balaban J connectivity index is 2.03. The van der Waals surface area contributed by atoms with E-state index < -0.39 is 9.84 Å². The van der Waals surface area contributed by atoms with Crippen molar-refractivity contribution in [2.24, 2.45) is 0 Å². The van der Waals surface area contributed by atoms with Crippen LogP contribution in [0.3, 0.4) is 0 Å². The molecule has 0 N–H and O–H groups in total. The molecule has 3 rings (SSSR count). The molecule has 23 heavy (non-hydrogen) atoms. The average molecular weight is 326 g/mol. The SMILES string of the molecule is CC(C)c1ccc(/C=C2\CS(=O)(=O)c3ccccc3C2=O)cc1. The Hall–Kier alpha value is -2.20. The van der Waals surface area contributed by atoms with Crippen LogP contribution >= 0.6 is 0 Å². The van der Waals surface area contributed by atoms with Gasteiger partial charge in [-0.3, -0.25) is 4.79 Å². The van der Waals surface area contributed by atoms with Gasteiger partial charge in [0.2, 0.25) is 0 Å². The fourth-order valence-corrected chi connectivity index (χ4v) is 4.29. The van der Waals surface area contributed by atoms with Crippen molar-refractivity contribution in [3.63, 3.8) is 0 Å². The van der Waals surface area contributed by atoms with E-state index in [1.807, 2.05) is 24.3 Å². The number of sulfone groups is 1. The second kappa shape index (κ2) is 5.78. The van der Waals surface area contributed by atoms with Gasteiger partial charge in [-0.05, 0) is 35.3 Å². The van der Waals surface area contributed by atoms with Crippen molar-refractivity contribution in [2.75, 3.05) is 5.75 Å². The number of carbonyl (C=O) groups excluding carboxylic acids is 1. The molecule has 0 aliphatic carbocycles. The number of hydrogen-bond donors (Lipinski definition) is 0. The zero-order chi connectivity index (χ0) is 16.6. The lowest BCUT2D eigenvalue weighted by Crippen LogP contribution is -2.24. The summed E-state index contributed by atoms with van der Waals surface area (Å²) in [5.41, 5.74) is 2.64. The molecule has 118 valence electrons. The summed E-state index contributed by atoms with van der Waals surface area (Å²) in [5.74, 6) is -0.0157. The van der Waals surface area contributed by atoms with E-state index in [2.05, 4.69) is 13.8 Å². The molecule has 1 aliphatic heterocycles. The highest BCUT2D eigenvalue weighted by atomic mass is 32.2. The number of hydrogen-bond acceptors (Lipinski definition) is 3. The third-order valence-corrected chi connectivity index (χ3v) is 5.77. The molecule has 3 nitrogen and oxygen atoms in total. The first-order chi connectivity index (χ1) is 10.9. The van der Waals surface area contributed by atoms with Crippen LogP contribution in [0.2, 0.25) is 0 Å². The lowest BCUT2D eigenvalue weighted by molar-refractivity contribution is 0.103. The van der Waals surface area contributed by atoms with Gasteiger partial charge in [-0.1, -0.05) is 50.2 Å². The molecular formula is C19H18O3S. The quantitative estimate of drug-likeness (QED) is 0.787. The second-order valence-corrected chi connectivity index (χ2v) is 8.03. The van der Waals surface area contributed by atoms with Crippen LogP contribution in [-0.4, -0.2) is 20.0 Å². The molecular weight excluding hydrogens is 308 g/mol. The van der Waals surface area contributed by atoms with E-state index in [4.69, 9.17) is 0 Å². The molecule has 1 aliphatic rings.